The van der Waals surface area contributed by atoms with Crippen LogP contribution in [0.15, 0.2) is 23.2 Å². The molecule has 1 fully saturated rings. The highest BCUT2D eigenvalue weighted by Crippen LogP contribution is 2.27. The Hall–Kier alpha value is -1.55. The molecule has 1 aromatic rings. The average Bonchev–Trinajstić information content (AvgIpc) is 2.54. The molecule has 114 valence electrons. The molecule has 1 aromatic carbocycles. The van der Waals surface area contributed by atoms with Gasteiger partial charge in [0.05, 0.1) is 12.6 Å². The lowest BCUT2D eigenvalue weighted by Gasteiger charge is -2.22. The number of aryl methyl sites for hydroxylation is 1. The molecule has 0 spiro atoms. The van der Waals surface area contributed by atoms with Crippen LogP contribution < -0.4 is 11.1 Å². The Kier molecular flexibility index (Phi) is 4.76. The molecule has 1 aliphatic carbocycles. The van der Waals surface area contributed by atoms with Crippen LogP contribution in [0.3, 0.4) is 0 Å². The minimum Gasteiger partial charge on any atom is -0.376 e. The van der Waals surface area contributed by atoms with Gasteiger partial charge in [-0.3, -0.25) is 4.99 Å². The number of rotatable bonds is 3. The summed E-state index contributed by atoms with van der Waals surface area (Å²) in [5.41, 5.74) is 10.0. The second kappa shape index (κ2) is 6.94. The Labute approximate surface area is 126 Å². The monoisotopic (exact) mass is 287 g/mol. The van der Waals surface area contributed by atoms with Crippen LogP contribution in [-0.2, 0) is 17.6 Å². The number of ether oxygens (including phenoxy) is 1. The van der Waals surface area contributed by atoms with Gasteiger partial charge in [-0.1, -0.05) is 12.1 Å². The van der Waals surface area contributed by atoms with Gasteiger partial charge in [0.25, 0.3) is 0 Å². The van der Waals surface area contributed by atoms with Crippen LogP contribution in [0.4, 0.5) is 5.69 Å². The summed E-state index contributed by atoms with van der Waals surface area (Å²) < 4.78 is 5.68. The highest BCUT2D eigenvalue weighted by Gasteiger charge is 2.15. The fourth-order valence-electron chi connectivity index (χ4n) is 3.23. The van der Waals surface area contributed by atoms with E-state index < -0.39 is 0 Å². The molecule has 4 nitrogen and oxygen atoms in total. The van der Waals surface area contributed by atoms with Gasteiger partial charge in [0.2, 0.25) is 0 Å². The van der Waals surface area contributed by atoms with E-state index in [1.165, 1.54) is 43.2 Å². The van der Waals surface area contributed by atoms with E-state index in [0.29, 0.717) is 12.5 Å². The highest BCUT2D eigenvalue weighted by atomic mass is 16.5. The Morgan fingerprint density at radius 3 is 3.00 bits per heavy atom. The summed E-state index contributed by atoms with van der Waals surface area (Å²) in [6.07, 6.45) is 8.61. The molecule has 3 rings (SSSR count). The number of hydrogen-bond donors (Lipinski definition) is 2. The van der Waals surface area contributed by atoms with Crippen LogP contribution in [0.5, 0.6) is 0 Å². The number of fused-ring (bicyclic) bond motifs is 1. The minimum absolute atomic E-state index is 0.240. The van der Waals surface area contributed by atoms with Crippen molar-refractivity contribution in [1.82, 2.24) is 0 Å². The van der Waals surface area contributed by atoms with Crippen LogP contribution >= 0.6 is 0 Å². The molecule has 21 heavy (non-hydrogen) atoms. The third kappa shape index (κ3) is 3.76. The van der Waals surface area contributed by atoms with Gasteiger partial charge in [-0.05, 0) is 62.1 Å². The predicted octanol–water partition coefficient (Wildman–Crippen LogP) is 2.86. The number of anilines is 1. The lowest BCUT2D eigenvalue weighted by Crippen LogP contribution is -2.28. The lowest BCUT2D eigenvalue weighted by atomic mass is 9.90. The first kappa shape index (κ1) is 14.4. The zero-order chi connectivity index (χ0) is 14.5. The van der Waals surface area contributed by atoms with E-state index in [-0.39, 0.29) is 6.10 Å². The number of guanidine groups is 1. The number of nitrogens with zero attached hydrogens (tertiary/aromatic N) is 1. The van der Waals surface area contributed by atoms with Crippen molar-refractivity contribution < 1.29 is 4.74 Å². The topological polar surface area (TPSA) is 59.6 Å². The molecule has 1 saturated heterocycles. The normalized spacial score (nSPS) is 22.7. The van der Waals surface area contributed by atoms with Crippen molar-refractivity contribution in [1.29, 1.82) is 0 Å². The zero-order valence-electron chi connectivity index (χ0n) is 12.6. The van der Waals surface area contributed by atoms with Gasteiger partial charge in [-0.2, -0.15) is 0 Å². The summed E-state index contributed by atoms with van der Waals surface area (Å²) >= 11 is 0. The van der Waals surface area contributed by atoms with Crippen LogP contribution in [-0.4, -0.2) is 25.2 Å². The largest absolute Gasteiger partial charge is 0.376 e. The van der Waals surface area contributed by atoms with E-state index in [1.54, 1.807) is 0 Å². The van der Waals surface area contributed by atoms with Crippen molar-refractivity contribution in [2.24, 2.45) is 10.7 Å². The van der Waals surface area contributed by atoms with E-state index in [0.717, 1.165) is 25.1 Å². The van der Waals surface area contributed by atoms with E-state index in [1.807, 2.05) is 0 Å². The van der Waals surface area contributed by atoms with E-state index >= 15 is 0 Å². The van der Waals surface area contributed by atoms with Gasteiger partial charge in [-0.15, -0.1) is 0 Å². The standard InChI is InChI=1S/C17H25N3O/c18-17(19-12-14-8-3-4-11-21-14)20-16-10-5-7-13-6-1-2-9-15(13)16/h5,7,10,14H,1-4,6,8-9,11-12H2,(H3,18,19,20). The van der Waals surface area contributed by atoms with Crippen LogP contribution in [0, 0.1) is 0 Å². The summed E-state index contributed by atoms with van der Waals surface area (Å²) in [6.45, 7) is 1.52. The summed E-state index contributed by atoms with van der Waals surface area (Å²) in [7, 11) is 0. The van der Waals surface area contributed by atoms with Gasteiger partial charge < -0.3 is 15.8 Å². The number of nitrogens with two attached hydrogens (primary N) is 1. The quantitative estimate of drug-likeness (QED) is 0.664. The fourth-order valence-corrected chi connectivity index (χ4v) is 3.23. The van der Waals surface area contributed by atoms with Crippen molar-refractivity contribution in [3.63, 3.8) is 0 Å². The molecule has 0 radical (unpaired) electrons. The first-order valence-electron chi connectivity index (χ1n) is 8.12. The van der Waals surface area contributed by atoms with Crippen molar-refractivity contribution in [3.05, 3.63) is 29.3 Å². The molecular weight excluding hydrogens is 262 g/mol. The molecular formula is C17H25N3O. The van der Waals surface area contributed by atoms with Crippen LogP contribution in [0.25, 0.3) is 0 Å². The molecule has 1 unspecified atom stereocenters. The molecule has 0 aromatic heterocycles. The van der Waals surface area contributed by atoms with Gasteiger partial charge in [0.15, 0.2) is 5.96 Å². The van der Waals surface area contributed by atoms with Gasteiger partial charge in [-0.25, -0.2) is 0 Å². The molecule has 0 saturated carbocycles. The van der Waals surface area contributed by atoms with Crippen LogP contribution in [0.2, 0.25) is 0 Å². The second-order valence-electron chi connectivity index (χ2n) is 5.99. The van der Waals surface area contributed by atoms with E-state index in [4.69, 9.17) is 10.5 Å². The zero-order valence-corrected chi connectivity index (χ0v) is 12.6. The molecule has 0 bridgehead atoms. The van der Waals surface area contributed by atoms with Crippen molar-refractivity contribution in [2.45, 2.75) is 51.0 Å². The molecule has 3 N–H and O–H groups in total. The third-order valence-electron chi connectivity index (χ3n) is 4.40. The summed E-state index contributed by atoms with van der Waals surface area (Å²) in [5.74, 6) is 0.503. The van der Waals surface area contributed by atoms with Crippen molar-refractivity contribution >= 4 is 11.6 Å². The number of aliphatic imine (C=N–C) groups is 1. The average molecular weight is 287 g/mol. The van der Waals surface area contributed by atoms with E-state index in [2.05, 4.69) is 28.5 Å². The van der Waals surface area contributed by atoms with E-state index in [9.17, 15) is 0 Å². The third-order valence-corrected chi connectivity index (χ3v) is 4.40. The fraction of sp³-hybridized carbons (Fsp3) is 0.588. The SMILES string of the molecule is NC(=NCC1CCCCO1)Nc1cccc2c1CCCC2. The Balaban J connectivity index is 1.62. The lowest BCUT2D eigenvalue weighted by molar-refractivity contribution is 0.0225. The van der Waals surface area contributed by atoms with Gasteiger partial charge in [0, 0.05) is 12.3 Å². The summed E-state index contributed by atoms with van der Waals surface area (Å²) in [4.78, 5) is 4.45. The smallest absolute Gasteiger partial charge is 0.193 e. The first-order valence-corrected chi connectivity index (χ1v) is 8.12. The molecule has 1 aliphatic heterocycles. The maximum absolute atomic E-state index is 6.04. The molecule has 2 aliphatic rings. The number of hydrogen-bond acceptors (Lipinski definition) is 2. The summed E-state index contributed by atoms with van der Waals surface area (Å²) in [5, 5.41) is 3.28. The molecule has 1 heterocycles. The second-order valence-corrected chi connectivity index (χ2v) is 5.99. The maximum atomic E-state index is 6.04. The van der Waals surface area contributed by atoms with Crippen molar-refractivity contribution in [3.8, 4) is 0 Å². The Morgan fingerprint density at radius 1 is 1.24 bits per heavy atom. The number of benzene rings is 1. The van der Waals surface area contributed by atoms with Gasteiger partial charge >= 0.3 is 0 Å². The summed E-state index contributed by atoms with van der Waals surface area (Å²) in [6, 6.07) is 6.43. The first-order chi connectivity index (χ1) is 10.3. The minimum atomic E-state index is 0.240. The molecule has 4 heteroatoms. The number of nitrogens with one attached hydrogen (secondary N) is 1. The predicted molar refractivity (Wildman–Crippen MR) is 86.8 cm³/mol. The van der Waals surface area contributed by atoms with Gasteiger partial charge in [0.1, 0.15) is 0 Å². The molecule has 1 atom stereocenters. The molecule has 0 amide bonds. The maximum Gasteiger partial charge on any atom is 0.193 e. The van der Waals surface area contributed by atoms with Crippen LogP contribution in [0.1, 0.15) is 43.2 Å². The van der Waals surface area contributed by atoms with Crippen molar-refractivity contribution in [2.75, 3.05) is 18.5 Å². The Morgan fingerprint density at radius 2 is 2.14 bits per heavy atom. The highest BCUT2D eigenvalue weighted by molar-refractivity contribution is 5.93. The Bertz CT molecular complexity index is 507.